The third kappa shape index (κ3) is 4.14. The number of anilines is 1. The van der Waals surface area contributed by atoms with Gasteiger partial charge in [0.05, 0.1) is 34.6 Å². The Kier molecular flexibility index (Phi) is 6.12. The van der Waals surface area contributed by atoms with Crippen molar-refractivity contribution in [3.05, 3.63) is 60.0 Å². The summed E-state index contributed by atoms with van der Waals surface area (Å²) in [5, 5.41) is 24.6. The molecule has 2 unspecified atom stereocenters. The second kappa shape index (κ2) is 9.02. The maximum absolute atomic E-state index is 14.1. The average Bonchev–Trinajstić information content (AvgIpc) is 3.36. The molecule has 0 spiro atoms. The Morgan fingerprint density at radius 2 is 1.92 bits per heavy atom. The van der Waals surface area contributed by atoms with Crippen molar-refractivity contribution in [1.29, 1.82) is 0 Å². The molecule has 1 amide bonds. The Bertz CT molecular complexity index is 1470. The fraction of sp³-hybridized carbons (Fsp3) is 0.520. The van der Waals surface area contributed by atoms with Crippen LogP contribution in [0.25, 0.3) is 0 Å². The van der Waals surface area contributed by atoms with Gasteiger partial charge in [0.1, 0.15) is 0 Å². The lowest BCUT2D eigenvalue weighted by Gasteiger charge is -2.60. The van der Waals surface area contributed by atoms with Crippen LogP contribution in [0.2, 0.25) is 10.0 Å². The summed E-state index contributed by atoms with van der Waals surface area (Å²) in [6.07, 6.45) is 4.94. The van der Waals surface area contributed by atoms with Crippen molar-refractivity contribution in [3.63, 3.8) is 0 Å². The number of aryl methyl sites for hydroxylation is 1. The quantitative estimate of drug-likeness (QED) is 0.264. The maximum Gasteiger partial charge on any atom is 0.492 e. The van der Waals surface area contributed by atoms with Crippen LogP contribution in [0.4, 0.5) is 11.6 Å². The van der Waals surface area contributed by atoms with Crippen molar-refractivity contribution >= 4 is 56.7 Å². The van der Waals surface area contributed by atoms with Crippen LogP contribution in [0.5, 0.6) is 0 Å². The van der Waals surface area contributed by atoms with Gasteiger partial charge in [0, 0.05) is 31.1 Å². The normalized spacial score (nSPS) is 27.6. The number of nitrogens with one attached hydrogen (secondary N) is 1. The van der Waals surface area contributed by atoms with E-state index in [0.717, 1.165) is 49.1 Å². The van der Waals surface area contributed by atoms with Gasteiger partial charge in [-0.15, -0.1) is 0 Å². The van der Waals surface area contributed by atoms with Crippen LogP contribution in [0.3, 0.4) is 0 Å². The van der Waals surface area contributed by atoms with E-state index in [-0.39, 0.29) is 5.91 Å². The van der Waals surface area contributed by atoms with Gasteiger partial charge >= 0.3 is 5.95 Å². The Balaban J connectivity index is 1.29. The molecule has 4 saturated carbocycles. The second-order valence-electron chi connectivity index (χ2n) is 11.2. The molecule has 13 heteroatoms. The zero-order chi connectivity index (χ0) is 27.0. The molecule has 4 bridgehead atoms. The van der Waals surface area contributed by atoms with Crippen molar-refractivity contribution in [2.45, 2.75) is 64.5 Å². The maximum atomic E-state index is 14.1. The molecular weight excluding hydrogens is 597 g/mol. The van der Waals surface area contributed by atoms with E-state index in [9.17, 15) is 14.9 Å². The number of halogens is 3. The molecule has 4 aliphatic carbocycles. The fourth-order valence-corrected chi connectivity index (χ4v) is 8.56. The first-order valence-electron chi connectivity index (χ1n) is 12.6. The molecule has 2 heterocycles. The highest BCUT2D eigenvalue weighted by Crippen LogP contribution is 2.64. The van der Waals surface area contributed by atoms with Gasteiger partial charge in [-0.1, -0.05) is 29.3 Å². The molecule has 0 saturated heterocycles. The number of benzene rings is 1. The van der Waals surface area contributed by atoms with E-state index < -0.39 is 21.8 Å². The molecular formula is C25H26BrCl2N7O3. The lowest BCUT2D eigenvalue weighted by molar-refractivity contribution is -0.394. The Morgan fingerprint density at radius 1 is 1.21 bits per heavy atom. The number of carbonyl (C=O) groups excluding carboxylic acids is 1. The third-order valence-electron chi connectivity index (χ3n) is 8.64. The van der Waals surface area contributed by atoms with Gasteiger partial charge in [0.2, 0.25) is 5.91 Å². The zero-order valence-corrected chi connectivity index (χ0v) is 24.0. The first-order chi connectivity index (χ1) is 18.0. The minimum absolute atomic E-state index is 0.0167. The number of hydrogen-bond acceptors (Lipinski definition) is 6. The van der Waals surface area contributed by atoms with Crippen molar-refractivity contribution in [3.8, 4) is 0 Å². The van der Waals surface area contributed by atoms with E-state index in [1.165, 1.54) is 0 Å². The van der Waals surface area contributed by atoms with Gasteiger partial charge in [-0.05, 0) is 91.8 Å². The molecule has 200 valence electrons. The van der Waals surface area contributed by atoms with E-state index in [0.29, 0.717) is 45.3 Å². The van der Waals surface area contributed by atoms with Crippen LogP contribution in [0, 0.1) is 41.2 Å². The molecule has 10 nitrogen and oxygen atoms in total. The van der Waals surface area contributed by atoms with Gasteiger partial charge in [-0.25, -0.2) is 0 Å². The molecule has 3 aromatic rings. The van der Waals surface area contributed by atoms with Crippen LogP contribution in [0.1, 0.15) is 55.5 Å². The molecule has 7 rings (SSSR count). The standard InChI is InChI=1S/C25H26BrCl2N7O3/c1-13-20(14(2)33(31-13)11-17-3-4-18(27)6-19(17)28)29-21(36)24-7-15-5-16(8-24)10-25(9-15,12-24)34-22(26)30-23(32-34)35(37)38/h3-4,6,15-16H,5,7-12H2,1-2H3,(H,29,36). The van der Waals surface area contributed by atoms with Crippen LogP contribution in [-0.4, -0.2) is 35.4 Å². The number of aromatic nitrogens is 5. The highest BCUT2D eigenvalue weighted by atomic mass is 79.9. The van der Waals surface area contributed by atoms with Crippen LogP contribution < -0.4 is 5.32 Å². The molecule has 4 fully saturated rings. The largest absolute Gasteiger partial charge is 0.492 e. The number of rotatable bonds is 6. The van der Waals surface area contributed by atoms with Crippen molar-refractivity contribution < 1.29 is 9.72 Å². The number of nitro groups is 1. The molecule has 2 aromatic heterocycles. The smallest absolute Gasteiger partial charge is 0.390 e. The van der Waals surface area contributed by atoms with E-state index in [4.69, 9.17) is 23.2 Å². The van der Waals surface area contributed by atoms with E-state index >= 15 is 0 Å². The van der Waals surface area contributed by atoms with Gasteiger partial charge < -0.3 is 15.4 Å². The Morgan fingerprint density at radius 3 is 2.55 bits per heavy atom. The van der Waals surface area contributed by atoms with Gasteiger partial charge in [0.25, 0.3) is 4.73 Å². The summed E-state index contributed by atoms with van der Waals surface area (Å²) in [5.41, 5.74) is 2.12. The molecule has 4 aliphatic rings. The summed E-state index contributed by atoms with van der Waals surface area (Å²) in [5.74, 6) is 0.269. The summed E-state index contributed by atoms with van der Waals surface area (Å²) in [4.78, 5) is 28.8. The first-order valence-corrected chi connectivity index (χ1v) is 14.1. The minimum atomic E-state index is -0.579. The van der Waals surface area contributed by atoms with Gasteiger partial charge in [-0.3, -0.25) is 9.48 Å². The number of nitrogens with zero attached hydrogens (tertiary/aromatic N) is 6. The highest BCUT2D eigenvalue weighted by Gasteiger charge is 2.63. The second-order valence-corrected chi connectivity index (χ2v) is 12.8. The number of amides is 1. The Hall–Kier alpha value is -2.50. The number of hydrogen-bond donors (Lipinski definition) is 1. The summed E-state index contributed by atoms with van der Waals surface area (Å²) in [6, 6.07) is 5.38. The van der Waals surface area contributed by atoms with Crippen LogP contribution >= 0.6 is 39.1 Å². The van der Waals surface area contributed by atoms with E-state index in [1.807, 2.05) is 24.6 Å². The lowest BCUT2D eigenvalue weighted by Crippen LogP contribution is -2.60. The molecule has 1 N–H and O–H groups in total. The predicted molar refractivity (Wildman–Crippen MR) is 145 cm³/mol. The third-order valence-corrected chi connectivity index (χ3v) is 9.74. The first kappa shape index (κ1) is 25.8. The highest BCUT2D eigenvalue weighted by molar-refractivity contribution is 9.10. The van der Waals surface area contributed by atoms with Crippen molar-refractivity contribution in [2.75, 3.05) is 5.32 Å². The fourth-order valence-electron chi connectivity index (χ4n) is 7.48. The average molecular weight is 623 g/mol. The van der Waals surface area contributed by atoms with Crippen LogP contribution in [-0.2, 0) is 16.9 Å². The Labute approximate surface area is 237 Å². The molecule has 0 radical (unpaired) electrons. The van der Waals surface area contributed by atoms with Crippen molar-refractivity contribution in [1.82, 2.24) is 24.5 Å². The van der Waals surface area contributed by atoms with Crippen LogP contribution in [0.15, 0.2) is 22.9 Å². The predicted octanol–water partition coefficient (Wildman–Crippen LogP) is 6.05. The number of carbonyl (C=O) groups is 1. The minimum Gasteiger partial charge on any atom is -0.390 e. The summed E-state index contributed by atoms with van der Waals surface area (Å²) >= 11 is 15.8. The van der Waals surface area contributed by atoms with Crippen molar-refractivity contribution in [2.24, 2.45) is 17.3 Å². The SMILES string of the molecule is Cc1nn(Cc2ccc(Cl)cc2Cl)c(C)c1NC(=O)C12CC3CC(C1)CC(n1nc([N+](=O)[O-])nc1Br)(C3)C2. The topological polar surface area (TPSA) is 121 Å². The molecule has 0 aliphatic heterocycles. The monoisotopic (exact) mass is 621 g/mol. The molecule has 38 heavy (non-hydrogen) atoms. The zero-order valence-electron chi connectivity index (χ0n) is 20.9. The summed E-state index contributed by atoms with van der Waals surface area (Å²) in [7, 11) is 0. The molecule has 2 atom stereocenters. The summed E-state index contributed by atoms with van der Waals surface area (Å²) < 4.78 is 3.86. The van der Waals surface area contributed by atoms with Gasteiger partial charge in [-0.2, -0.15) is 9.78 Å². The van der Waals surface area contributed by atoms with Gasteiger partial charge in [0.15, 0.2) is 0 Å². The molecule has 1 aromatic carbocycles. The lowest BCUT2D eigenvalue weighted by atomic mass is 9.46. The van der Waals surface area contributed by atoms with E-state index in [2.05, 4.69) is 36.4 Å². The van der Waals surface area contributed by atoms with E-state index in [1.54, 1.807) is 16.8 Å². The summed E-state index contributed by atoms with van der Waals surface area (Å²) in [6.45, 7) is 4.28.